The number of oxazole rings is 1. The van der Waals surface area contributed by atoms with E-state index in [-0.39, 0.29) is 0 Å². The molecule has 0 atom stereocenters. The van der Waals surface area contributed by atoms with Crippen molar-refractivity contribution < 1.29 is 9.21 Å². The van der Waals surface area contributed by atoms with Crippen molar-refractivity contribution in [1.82, 2.24) is 4.98 Å². The van der Waals surface area contributed by atoms with Crippen LogP contribution in [0.15, 0.2) is 29.0 Å². The van der Waals surface area contributed by atoms with Crippen LogP contribution in [0.2, 0.25) is 0 Å². The molecule has 0 saturated heterocycles. The number of carbonyl (C=O) groups is 1. The summed E-state index contributed by atoms with van der Waals surface area (Å²) in [6.07, 6.45) is 2.70. The van der Waals surface area contributed by atoms with Gasteiger partial charge in [0.1, 0.15) is 11.8 Å². The molecule has 0 amide bonds. The number of benzene rings is 1. The number of aldehydes is 1. The van der Waals surface area contributed by atoms with Crippen LogP contribution >= 0.6 is 0 Å². The molecule has 0 aliphatic heterocycles. The molecule has 0 spiro atoms. The van der Waals surface area contributed by atoms with Gasteiger partial charge in [-0.2, -0.15) is 0 Å². The SMILES string of the molecule is O=CCc1ccc2ncoc2c1. The Morgan fingerprint density at radius 2 is 2.42 bits per heavy atom. The summed E-state index contributed by atoms with van der Waals surface area (Å²) in [5, 5.41) is 0. The van der Waals surface area contributed by atoms with Crippen LogP contribution in [0.3, 0.4) is 0 Å². The maximum Gasteiger partial charge on any atom is 0.181 e. The van der Waals surface area contributed by atoms with Gasteiger partial charge in [-0.3, -0.25) is 0 Å². The van der Waals surface area contributed by atoms with E-state index in [0.717, 1.165) is 22.9 Å². The summed E-state index contributed by atoms with van der Waals surface area (Å²) in [5.41, 5.74) is 2.51. The number of carbonyl (C=O) groups excluding carboxylic acids is 1. The minimum absolute atomic E-state index is 0.427. The molecule has 0 aliphatic rings. The lowest BCUT2D eigenvalue weighted by molar-refractivity contribution is -0.107. The third kappa shape index (κ3) is 1.09. The largest absolute Gasteiger partial charge is 0.443 e. The maximum atomic E-state index is 10.2. The molecular weight excluding hydrogens is 154 g/mol. The van der Waals surface area contributed by atoms with Crippen molar-refractivity contribution in [3.8, 4) is 0 Å². The van der Waals surface area contributed by atoms with Crippen molar-refractivity contribution in [1.29, 1.82) is 0 Å². The van der Waals surface area contributed by atoms with E-state index in [0.29, 0.717) is 6.42 Å². The molecule has 0 saturated carbocycles. The van der Waals surface area contributed by atoms with E-state index in [1.807, 2.05) is 18.2 Å². The van der Waals surface area contributed by atoms with Gasteiger partial charge in [-0.05, 0) is 17.7 Å². The van der Waals surface area contributed by atoms with Crippen molar-refractivity contribution in [2.75, 3.05) is 0 Å². The van der Waals surface area contributed by atoms with Crippen LogP contribution in [-0.2, 0) is 11.2 Å². The van der Waals surface area contributed by atoms with Gasteiger partial charge in [-0.15, -0.1) is 0 Å². The second kappa shape index (κ2) is 2.77. The summed E-state index contributed by atoms with van der Waals surface area (Å²) in [7, 11) is 0. The van der Waals surface area contributed by atoms with Crippen LogP contribution in [-0.4, -0.2) is 11.3 Å². The molecule has 0 bridgehead atoms. The topological polar surface area (TPSA) is 43.1 Å². The zero-order valence-corrected chi connectivity index (χ0v) is 6.36. The Kier molecular flexibility index (Phi) is 1.63. The van der Waals surface area contributed by atoms with E-state index >= 15 is 0 Å². The number of aromatic nitrogens is 1. The Hall–Kier alpha value is -1.64. The molecule has 1 heterocycles. The van der Waals surface area contributed by atoms with E-state index in [4.69, 9.17) is 4.42 Å². The number of hydrogen-bond donors (Lipinski definition) is 0. The molecule has 60 valence electrons. The summed E-state index contributed by atoms with van der Waals surface area (Å²) in [6.45, 7) is 0. The second-order valence-corrected chi connectivity index (χ2v) is 2.53. The number of nitrogens with zero attached hydrogens (tertiary/aromatic N) is 1. The molecule has 3 heteroatoms. The minimum Gasteiger partial charge on any atom is -0.443 e. The van der Waals surface area contributed by atoms with Gasteiger partial charge in [0.2, 0.25) is 0 Å². The Balaban J connectivity index is 2.52. The highest BCUT2D eigenvalue weighted by Gasteiger charge is 1.98. The van der Waals surface area contributed by atoms with Gasteiger partial charge in [-0.1, -0.05) is 6.07 Å². The van der Waals surface area contributed by atoms with Gasteiger partial charge >= 0.3 is 0 Å². The molecule has 3 nitrogen and oxygen atoms in total. The third-order valence-electron chi connectivity index (χ3n) is 1.71. The summed E-state index contributed by atoms with van der Waals surface area (Å²) in [6, 6.07) is 5.55. The van der Waals surface area contributed by atoms with Crippen LogP contribution in [0, 0.1) is 0 Å². The first-order valence-corrected chi connectivity index (χ1v) is 3.66. The molecule has 0 aliphatic carbocycles. The van der Waals surface area contributed by atoms with Gasteiger partial charge in [-0.25, -0.2) is 4.98 Å². The normalized spacial score (nSPS) is 10.3. The van der Waals surface area contributed by atoms with E-state index in [1.54, 1.807) is 0 Å². The Morgan fingerprint density at radius 3 is 3.25 bits per heavy atom. The fraction of sp³-hybridized carbons (Fsp3) is 0.111. The van der Waals surface area contributed by atoms with Gasteiger partial charge in [0.05, 0.1) is 0 Å². The van der Waals surface area contributed by atoms with Crippen LogP contribution in [0.5, 0.6) is 0 Å². The quantitative estimate of drug-likeness (QED) is 0.628. The van der Waals surface area contributed by atoms with Crippen molar-refractivity contribution >= 4 is 17.4 Å². The molecule has 1 aromatic heterocycles. The van der Waals surface area contributed by atoms with Crippen molar-refractivity contribution in [3.05, 3.63) is 30.2 Å². The summed E-state index contributed by atoms with van der Waals surface area (Å²) in [5.74, 6) is 0. The molecule has 0 radical (unpaired) electrons. The first-order valence-electron chi connectivity index (χ1n) is 3.66. The fourth-order valence-corrected chi connectivity index (χ4v) is 1.12. The first-order chi connectivity index (χ1) is 5.90. The van der Waals surface area contributed by atoms with E-state index in [1.165, 1.54) is 6.39 Å². The number of rotatable bonds is 2. The molecule has 2 aromatic rings. The zero-order chi connectivity index (χ0) is 8.39. The average molecular weight is 161 g/mol. The monoisotopic (exact) mass is 161 g/mol. The lowest BCUT2D eigenvalue weighted by Crippen LogP contribution is -1.83. The van der Waals surface area contributed by atoms with Crippen LogP contribution in [0.25, 0.3) is 11.1 Å². The molecule has 0 N–H and O–H groups in total. The van der Waals surface area contributed by atoms with Gasteiger partial charge < -0.3 is 9.21 Å². The summed E-state index contributed by atoms with van der Waals surface area (Å²) >= 11 is 0. The fourth-order valence-electron chi connectivity index (χ4n) is 1.12. The van der Waals surface area contributed by atoms with Crippen molar-refractivity contribution in [3.63, 3.8) is 0 Å². The zero-order valence-electron chi connectivity index (χ0n) is 6.36. The predicted molar refractivity (Wildman–Crippen MR) is 43.8 cm³/mol. The maximum absolute atomic E-state index is 10.2. The first kappa shape index (κ1) is 7.03. The van der Waals surface area contributed by atoms with E-state index < -0.39 is 0 Å². The highest BCUT2D eigenvalue weighted by atomic mass is 16.3. The smallest absolute Gasteiger partial charge is 0.181 e. The Labute approximate surface area is 69.0 Å². The third-order valence-corrected chi connectivity index (χ3v) is 1.71. The Bertz CT molecular complexity index is 406. The molecule has 0 fully saturated rings. The van der Waals surface area contributed by atoms with Crippen LogP contribution < -0.4 is 0 Å². The minimum atomic E-state index is 0.427. The lowest BCUT2D eigenvalue weighted by atomic mass is 10.1. The molecular formula is C9H7NO2. The van der Waals surface area contributed by atoms with Gasteiger partial charge in [0.15, 0.2) is 12.0 Å². The Morgan fingerprint density at radius 1 is 1.50 bits per heavy atom. The van der Waals surface area contributed by atoms with Crippen LogP contribution in [0.1, 0.15) is 5.56 Å². The summed E-state index contributed by atoms with van der Waals surface area (Å²) < 4.78 is 5.08. The van der Waals surface area contributed by atoms with Crippen molar-refractivity contribution in [2.45, 2.75) is 6.42 Å². The number of fused-ring (bicyclic) bond motifs is 1. The summed E-state index contributed by atoms with van der Waals surface area (Å²) in [4.78, 5) is 14.2. The highest BCUT2D eigenvalue weighted by molar-refractivity contribution is 5.73. The highest BCUT2D eigenvalue weighted by Crippen LogP contribution is 2.13. The van der Waals surface area contributed by atoms with Crippen molar-refractivity contribution in [2.24, 2.45) is 0 Å². The second-order valence-electron chi connectivity index (χ2n) is 2.53. The molecule has 12 heavy (non-hydrogen) atoms. The van der Waals surface area contributed by atoms with Gasteiger partial charge in [0, 0.05) is 6.42 Å². The van der Waals surface area contributed by atoms with Crippen LogP contribution in [0.4, 0.5) is 0 Å². The molecule has 2 rings (SSSR count). The molecule has 0 unspecified atom stereocenters. The standard InChI is InChI=1S/C9H7NO2/c11-4-3-7-1-2-8-9(5-7)12-6-10-8/h1-2,4-6H,3H2. The predicted octanol–water partition coefficient (Wildman–Crippen LogP) is 1.57. The van der Waals surface area contributed by atoms with Gasteiger partial charge in [0.25, 0.3) is 0 Å². The molecule has 1 aromatic carbocycles. The van der Waals surface area contributed by atoms with E-state index in [2.05, 4.69) is 4.98 Å². The van der Waals surface area contributed by atoms with E-state index in [9.17, 15) is 4.79 Å². The average Bonchev–Trinajstić information content (AvgIpc) is 2.51. The lowest BCUT2D eigenvalue weighted by Gasteiger charge is -1.92. The number of hydrogen-bond acceptors (Lipinski definition) is 3.